The fraction of sp³-hybridized carbons (Fsp3) is 0.389. The minimum Gasteiger partial charge on any atom is -0.455 e. The monoisotopic (exact) mass is 397 g/mol. The van der Waals surface area contributed by atoms with E-state index in [-0.39, 0.29) is 35.0 Å². The highest BCUT2D eigenvalue weighted by molar-refractivity contribution is 7.89. The Labute approximate surface area is 157 Å². The fourth-order valence-corrected chi connectivity index (χ4v) is 4.49. The van der Waals surface area contributed by atoms with E-state index in [1.54, 1.807) is 24.3 Å². The largest absolute Gasteiger partial charge is 0.455 e. The van der Waals surface area contributed by atoms with Crippen LogP contribution >= 0.6 is 11.6 Å². The Balaban J connectivity index is 1.58. The molecule has 6 nitrogen and oxygen atoms in total. The average Bonchev–Trinajstić information content (AvgIpc) is 3.26. The summed E-state index contributed by atoms with van der Waals surface area (Å²) in [6.07, 6.45) is 1.95. The number of ether oxygens (including phenoxy) is 1. The highest BCUT2D eigenvalue weighted by atomic mass is 35.5. The molecule has 0 bridgehead atoms. The van der Waals surface area contributed by atoms with Gasteiger partial charge in [0.15, 0.2) is 15.6 Å². The predicted molar refractivity (Wildman–Crippen MR) is 97.8 cm³/mol. The van der Waals surface area contributed by atoms with Gasteiger partial charge in [-0.15, -0.1) is 0 Å². The second-order valence-electron chi connectivity index (χ2n) is 6.23. The van der Waals surface area contributed by atoms with Gasteiger partial charge in [-0.3, -0.25) is 4.79 Å². The van der Waals surface area contributed by atoms with Crippen LogP contribution < -0.4 is 5.32 Å². The van der Waals surface area contributed by atoms with E-state index >= 15 is 0 Å². The van der Waals surface area contributed by atoms with Crippen LogP contribution in [0.2, 0.25) is 5.02 Å². The first kappa shape index (κ1) is 18.9. The smallest absolute Gasteiger partial charge is 0.287 e. The molecule has 8 heteroatoms. The van der Waals surface area contributed by atoms with Gasteiger partial charge in [0.1, 0.15) is 11.5 Å². The summed E-state index contributed by atoms with van der Waals surface area (Å²) in [6.45, 7) is 1.13. The summed E-state index contributed by atoms with van der Waals surface area (Å²) >= 11 is 6.02. The molecule has 1 aliphatic heterocycles. The number of sulfone groups is 1. The van der Waals surface area contributed by atoms with Gasteiger partial charge >= 0.3 is 0 Å². The molecular formula is C18H20ClNO5S. The van der Waals surface area contributed by atoms with E-state index in [2.05, 4.69) is 5.32 Å². The zero-order valence-electron chi connectivity index (χ0n) is 14.1. The topological polar surface area (TPSA) is 85.6 Å². The number of nitrogens with one attached hydrogen (secondary N) is 1. The van der Waals surface area contributed by atoms with Crippen LogP contribution in [-0.2, 0) is 26.1 Å². The summed E-state index contributed by atoms with van der Waals surface area (Å²) in [5, 5.41) is 3.15. The minimum absolute atomic E-state index is 0.0318. The predicted octanol–water partition coefficient (Wildman–Crippen LogP) is 2.96. The molecule has 140 valence electrons. The summed E-state index contributed by atoms with van der Waals surface area (Å²) in [6, 6.07) is 9.78. The van der Waals surface area contributed by atoms with Crippen molar-refractivity contribution in [1.82, 2.24) is 5.32 Å². The molecule has 1 saturated heterocycles. The lowest BCUT2D eigenvalue weighted by Gasteiger charge is -2.09. The molecule has 2 heterocycles. The van der Waals surface area contributed by atoms with Crippen molar-refractivity contribution in [2.24, 2.45) is 0 Å². The molecule has 0 radical (unpaired) electrons. The molecule has 1 aromatic heterocycles. The zero-order chi connectivity index (χ0) is 18.6. The molecule has 1 aromatic carbocycles. The van der Waals surface area contributed by atoms with E-state index in [1.165, 1.54) is 12.1 Å². The van der Waals surface area contributed by atoms with Crippen LogP contribution in [0.25, 0.3) is 0 Å². The third-order valence-corrected chi connectivity index (χ3v) is 5.94. The summed E-state index contributed by atoms with van der Waals surface area (Å²) in [5.74, 6) is -0.550. The number of carbonyl (C=O) groups excluding carboxylic acids is 1. The maximum Gasteiger partial charge on any atom is 0.287 e. The van der Waals surface area contributed by atoms with Crippen molar-refractivity contribution in [3.8, 4) is 0 Å². The normalized spacial score (nSPS) is 17.3. The number of hydrogen-bond donors (Lipinski definition) is 1. The summed E-state index contributed by atoms with van der Waals surface area (Å²) in [5.41, 5.74) is 0.537. The summed E-state index contributed by atoms with van der Waals surface area (Å²) in [4.78, 5) is 12.1. The standard InChI is InChI=1S/C18H20ClNO5S/c19-16-6-2-1-4-13(16)11-26(22,23)12-15-7-8-17(25-15)18(21)20-10-14-5-3-9-24-14/h1-2,4,6-8,14H,3,5,9-12H2,(H,20,21). The highest BCUT2D eigenvalue weighted by Crippen LogP contribution is 2.20. The van der Waals surface area contributed by atoms with Crippen molar-refractivity contribution < 1.29 is 22.4 Å². The van der Waals surface area contributed by atoms with Crippen molar-refractivity contribution in [3.05, 3.63) is 58.5 Å². The lowest BCUT2D eigenvalue weighted by molar-refractivity contribution is 0.0834. The number of rotatable bonds is 7. The van der Waals surface area contributed by atoms with E-state index in [4.69, 9.17) is 20.8 Å². The van der Waals surface area contributed by atoms with E-state index in [1.807, 2.05) is 0 Å². The molecule has 1 amide bonds. The molecule has 26 heavy (non-hydrogen) atoms. The van der Waals surface area contributed by atoms with Crippen molar-refractivity contribution in [2.75, 3.05) is 13.2 Å². The van der Waals surface area contributed by atoms with Crippen molar-refractivity contribution in [1.29, 1.82) is 0 Å². The van der Waals surface area contributed by atoms with Crippen LogP contribution in [0.4, 0.5) is 0 Å². The number of furan rings is 1. The van der Waals surface area contributed by atoms with Gasteiger partial charge in [0, 0.05) is 18.2 Å². The van der Waals surface area contributed by atoms with Gasteiger partial charge in [0.05, 0.1) is 11.9 Å². The molecule has 1 atom stereocenters. The van der Waals surface area contributed by atoms with Crippen LogP contribution in [-0.4, -0.2) is 33.6 Å². The number of benzene rings is 1. The Morgan fingerprint density at radius 2 is 2.00 bits per heavy atom. The third kappa shape index (κ3) is 5.09. The lowest BCUT2D eigenvalue weighted by Crippen LogP contribution is -2.31. The molecule has 0 saturated carbocycles. The lowest BCUT2D eigenvalue weighted by atomic mass is 10.2. The summed E-state index contributed by atoms with van der Waals surface area (Å²) in [7, 11) is -3.48. The zero-order valence-corrected chi connectivity index (χ0v) is 15.7. The van der Waals surface area contributed by atoms with Gasteiger partial charge in [-0.05, 0) is 36.6 Å². The van der Waals surface area contributed by atoms with Gasteiger partial charge in [-0.1, -0.05) is 29.8 Å². The first-order valence-electron chi connectivity index (χ1n) is 8.35. The van der Waals surface area contributed by atoms with Crippen LogP contribution in [0.1, 0.15) is 34.7 Å². The second-order valence-corrected chi connectivity index (χ2v) is 8.71. The van der Waals surface area contributed by atoms with Crippen LogP contribution in [0.15, 0.2) is 40.8 Å². The van der Waals surface area contributed by atoms with Gasteiger partial charge in [0.2, 0.25) is 0 Å². The third-order valence-electron chi connectivity index (χ3n) is 4.10. The molecule has 1 aliphatic rings. The molecule has 1 N–H and O–H groups in total. The summed E-state index contributed by atoms with van der Waals surface area (Å²) < 4.78 is 35.6. The fourth-order valence-electron chi connectivity index (χ4n) is 2.80. The maximum atomic E-state index is 12.4. The van der Waals surface area contributed by atoms with E-state index in [9.17, 15) is 13.2 Å². The number of hydrogen-bond acceptors (Lipinski definition) is 5. The van der Waals surface area contributed by atoms with Crippen LogP contribution in [0.5, 0.6) is 0 Å². The van der Waals surface area contributed by atoms with Crippen molar-refractivity contribution in [2.45, 2.75) is 30.5 Å². The molecule has 3 rings (SSSR count). The van der Waals surface area contributed by atoms with Crippen LogP contribution in [0, 0.1) is 0 Å². The van der Waals surface area contributed by atoms with E-state index < -0.39 is 9.84 Å². The molecule has 1 fully saturated rings. The minimum atomic E-state index is -3.48. The van der Waals surface area contributed by atoms with Crippen molar-refractivity contribution in [3.63, 3.8) is 0 Å². The Morgan fingerprint density at radius 1 is 1.19 bits per heavy atom. The first-order valence-corrected chi connectivity index (χ1v) is 10.6. The van der Waals surface area contributed by atoms with Gasteiger partial charge in [-0.2, -0.15) is 0 Å². The highest BCUT2D eigenvalue weighted by Gasteiger charge is 2.20. The molecule has 2 aromatic rings. The SMILES string of the molecule is O=C(NCC1CCCO1)c1ccc(CS(=O)(=O)Cc2ccccc2Cl)o1. The number of carbonyl (C=O) groups is 1. The second kappa shape index (κ2) is 8.24. The Kier molecular flexibility index (Phi) is 6.01. The number of amides is 1. The Bertz CT molecular complexity index is 871. The quantitative estimate of drug-likeness (QED) is 0.776. The molecule has 0 spiro atoms. The average molecular weight is 398 g/mol. The maximum absolute atomic E-state index is 12.4. The molecule has 0 aliphatic carbocycles. The molecule has 1 unspecified atom stereocenters. The van der Waals surface area contributed by atoms with Crippen molar-refractivity contribution >= 4 is 27.3 Å². The Morgan fingerprint density at radius 3 is 2.73 bits per heavy atom. The van der Waals surface area contributed by atoms with Gasteiger partial charge < -0.3 is 14.5 Å². The first-order chi connectivity index (χ1) is 12.4. The molecular weight excluding hydrogens is 378 g/mol. The van der Waals surface area contributed by atoms with Gasteiger partial charge in [0.25, 0.3) is 5.91 Å². The number of halogens is 1. The van der Waals surface area contributed by atoms with Crippen LogP contribution in [0.3, 0.4) is 0 Å². The Hall–Kier alpha value is -1.83. The van der Waals surface area contributed by atoms with E-state index in [0.717, 1.165) is 12.8 Å². The van der Waals surface area contributed by atoms with Gasteiger partial charge in [-0.25, -0.2) is 8.42 Å². The van der Waals surface area contributed by atoms with E-state index in [0.29, 0.717) is 23.7 Å².